The Morgan fingerprint density at radius 3 is 1.16 bits per heavy atom. The highest BCUT2D eigenvalue weighted by Gasteiger charge is 2.27. The Balaban J connectivity index is 0.936. The summed E-state index contributed by atoms with van der Waals surface area (Å²) in [5.41, 5.74) is 27.8. The van der Waals surface area contributed by atoms with Crippen molar-refractivity contribution in [3.63, 3.8) is 0 Å². The molecule has 4 aliphatic heterocycles. The minimum Gasteiger partial charge on any atom is -0.481 e. The first-order valence-corrected chi connectivity index (χ1v) is 31.8. The molecule has 10 heterocycles. The van der Waals surface area contributed by atoms with Gasteiger partial charge in [-0.15, -0.1) is 0 Å². The van der Waals surface area contributed by atoms with E-state index in [9.17, 15) is 39.6 Å². The van der Waals surface area contributed by atoms with Gasteiger partial charge in [-0.3, -0.25) is 19.2 Å². The van der Waals surface area contributed by atoms with Gasteiger partial charge in [0.15, 0.2) is 0 Å². The van der Waals surface area contributed by atoms with Crippen molar-refractivity contribution in [2.24, 2.45) is 0 Å². The van der Waals surface area contributed by atoms with E-state index in [0.29, 0.717) is 41.7 Å². The highest BCUT2D eigenvalue weighted by Crippen LogP contribution is 2.42. The van der Waals surface area contributed by atoms with E-state index < -0.39 is 23.9 Å². The lowest BCUT2D eigenvalue weighted by Crippen LogP contribution is -2.05. The first-order chi connectivity index (χ1) is 43.4. The van der Waals surface area contributed by atoms with Crippen molar-refractivity contribution in [2.75, 3.05) is 13.2 Å². The number of allylic oxidation sites excluding steroid dienone is 8. The van der Waals surface area contributed by atoms with Gasteiger partial charge in [0.1, 0.15) is 0 Å². The Labute approximate surface area is 529 Å². The average molecular weight is 1230 g/mol. The van der Waals surface area contributed by atoms with E-state index >= 15 is 0 Å². The number of fused-ring (bicyclic) bond motifs is 16. The molecule has 0 aliphatic carbocycles. The van der Waals surface area contributed by atoms with Gasteiger partial charge in [0.2, 0.25) is 0 Å². The van der Waals surface area contributed by atoms with Crippen LogP contribution in [0.4, 0.5) is 0 Å². The lowest BCUT2D eigenvalue weighted by Gasteiger charge is -2.15. The number of carboxylic acid groups (broad SMARTS) is 4. The smallest absolute Gasteiger partial charge is 0.303 e. The summed E-state index contributed by atoms with van der Waals surface area (Å²) in [4.78, 5) is 83.2. The summed E-state index contributed by atoms with van der Waals surface area (Å²) in [5.74, 6) is -3.64. The number of H-pyrrole nitrogens is 4. The number of hydrogen-bond donors (Lipinski definition) is 8. The fourth-order valence-electron chi connectivity index (χ4n) is 13.6. The van der Waals surface area contributed by atoms with E-state index in [4.69, 9.17) is 29.4 Å². The molecule has 18 nitrogen and oxygen atoms in total. The van der Waals surface area contributed by atoms with Crippen LogP contribution >= 0.6 is 0 Å². The molecule has 0 radical (unpaired) electrons. The molecule has 91 heavy (non-hydrogen) atoms. The van der Waals surface area contributed by atoms with Gasteiger partial charge in [0, 0.05) is 94.2 Å². The van der Waals surface area contributed by atoms with Crippen molar-refractivity contribution in [1.82, 2.24) is 39.9 Å². The lowest BCUT2D eigenvalue weighted by atomic mass is 9.98. The van der Waals surface area contributed by atoms with Crippen molar-refractivity contribution < 1.29 is 49.1 Å². The maximum absolute atomic E-state index is 12.0. The number of ether oxygens (including phenoxy) is 2. The van der Waals surface area contributed by atoms with E-state index in [-0.39, 0.29) is 63.6 Å². The third-order valence-electron chi connectivity index (χ3n) is 18.8. The minimum atomic E-state index is -0.918. The van der Waals surface area contributed by atoms with Gasteiger partial charge in [-0.05, 0) is 254 Å². The van der Waals surface area contributed by atoms with Gasteiger partial charge in [0.25, 0.3) is 0 Å². The molecule has 18 heteroatoms. The number of hydrogen-bond acceptors (Lipinski definition) is 10. The number of unbranched alkanes of at least 4 members (excludes halogenated alkanes) is 2. The van der Waals surface area contributed by atoms with E-state index in [0.717, 1.165) is 177 Å². The second-order valence-corrected chi connectivity index (χ2v) is 24.6. The number of carbonyl (C=O) groups is 4. The van der Waals surface area contributed by atoms with Gasteiger partial charge in [-0.25, -0.2) is 19.9 Å². The van der Waals surface area contributed by atoms with Crippen molar-refractivity contribution in [3.05, 3.63) is 139 Å². The summed E-state index contributed by atoms with van der Waals surface area (Å²) in [6.07, 6.45) is 4.11. The second kappa shape index (κ2) is 27.2. The molecule has 0 fully saturated rings. The van der Waals surface area contributed by atoms with Gasteiger partial charge in [-0.1, -0.05) is 13.8 Å². The minimum absolute atomic E-state index is 0.0676. The number of carboxylic acids is 4. The molecule has 0 spiro atoms. The van der Waals surface area contributed by atoms with Gasteiger partial charge in [0.05, 0.1) is 57.8 Å². The maximum atomic E-state index is 12.0. The lowest BCUT2D eigenvalue weighted by molar-refractivity contribution is -0.137. The summed E-state index contributed by atoms with van der Waals surface area (Å²) >= 11 is 0. The molecule has 2 unspecified atom stereocenters. The third kappa shape index (κ3) is 13.6. The summed E-state index contributed by atoms with van der Waals surface area (Å²) in [6.45, 7) is 25.7. The van der Waals surface area contributed by atoms with Crippen LogP contribution in [0.25, 0.3) is 88.7 Å². The number of aliphatic carboxylic acids is 4. The van der Waals surface area contributed by atoms with Crippen LogP contribution in [-0.4, -0.2) is 97.4 Å². The summed E-state index contributed by atoms with van der Waals surface area (Å²) < 4.78 is 13.5. The predicted octanol–water partition coefficient (Wildman–Crippen LogP) is 16.5. The molecule has 6 aromatic heterocycles. The Morgan fingerprint density at radius 2 is 0.692 bits per heavy atom. The topological polar surface area (TPSA) is 282 Å². The van der Waals surface area contributed by atoms with Crippen molar-refractivity contribution >= 4 is 113 Å². The molecular weight excluding hydrogens is 1150 g/mol. The van der Waals surface area contributed by atoms with E-state index in [1.165, 1.54) is 5.56 Å². The molecule has 16 bridgehead atoms. The highest BCUT2D eigenvalue weighted by atomic mass is 16.5. The molecule has 0 amide bonds. The summed E-state index contributed by atoms with van der Waals surface area (Å²) in [5, 5.41) is 39.2. The van der Waals surface area contributed by atoms with Crippen molar-refractivity contribution in [2.45, 2.75) is 179 Å². The number of aromatic amines is 4. The molecular formula is C73H84N8O10. The van der Waals surface area contributed by atoms with Gasteiger partial charge in [-0.2, -0.15) is 0 Å². The zero-order valence-corrected chi connectivity index (χ0v) is 54.4. The first kappa shape index (κ1) is 65.0. The maximum Gasteiger partial charge on any atom is 0.303 e. The molecule has 6 aromatic rings. The number of aromatic nitrogens is 8. The van der Waals surface area contributed by atoms with Gasteiger partial charge >= 0.3 is 23.9 Å². The number of nitrogens with one attached hydrogen (secondary N) is 4. The van der Waals surface area contributed by atoms with E-state index in [1.807, 2.05) is 58.0 Å². The van der Waals surface area contributed by atoms with Crippen molar-refractivity contribution in [1.29, 1.82) is 0 Å². The second-order valence-electron chi connectivity index (χ2n) is 24.6. The Kier molecular flexibility index (Phi) is 19.4. The quantitative estimate of drug-likeness (QED) is 0.0262. The average Bonchev–Trinajstić information content (AvgIpc) is 1.65. The molecule has 2 atom stereocenters. The Morgan fingerprint density at radius 1 is 0.374 bits per heavy atom. The largest absolute Gasteiger partial charge is 0.481 e. The standard InChI is InChI=1S/C73H84N8O10/c1-13-46-36(3)52-28-54-38(5)48(18-22-68(82)83)62(76-54)34-64-50(20-24-70(86)87)40(7)56(78-64)32-66-72(42(9)58(80-66)30-60(46)74-52)44(11)90-26-16-15-17-27-91-45(12)73-43(10)59-31-61-47(14-2)37(4)53(75-61)29-55-39(6)49(19-23-69(84)85)63(77-55)35-65-51(21-25-71(88)89)41(8)57(79-65)33-67(73)81-59/h28-35,44-45,74,79-81H,13-27H2,1-12H3,(H,82,83)(H,84,85)(H,86,87)(H,88,89). The van der Waals surface area contributed by atoms with Crippen LogP contribution in [0.3, 0.4) is 0 Å². The number of rotatable bonds is 24. The SMILES string of the molecule is CCC1=C(C)c2cc3nc(cc4[nH]c(cc5[nH]c(cc1n2)c(C)c5C(C)OCCCCCOC(C)c1c(C)c2cc5[nH]c(cc6nc(cc7nc(cc1[nH]2)C(C)=C7CCC(=O)O)C(CCC(=O)O)=C6C)c(C)c5CC)c(C)c4CCC(=O)O)C(CCC(=O)O)=C3C. The van der Waals surface area contributed by atoms with Crippen LogP contribution in [0.2, 0.25) is 0 Å². The molecule has 0 saturated carbocycles. The summed E-state index contributed by atoms with van der Waals surface area (Å²) in [6, 6.07) is 16.2. The molecule has 476 valence electrons. The van der Waals surface area contributed by atoms with Crippen LogP contribution in [0.1, 0.15) is 228 Å². The highest BCUT2D eigenvalue weighted by molar-refractivity contribution is 5.98. The van der Waals surface area contributed by atoms with Gasteiger partial charge < -0.3 is 49.8 Å². The van der Waals surface area contributed by atoms with E-state index in [1.54, 1.807) is 0 Å². The zero-order chi connectivity index (χ0) is 65.3. The van der Waals surface area contributed by atoms with Crippen LogP contribution < -0.4 is 0 Å². The van der Waals surface area contributed by atoms with Crippen molar-refractivity contribution in [3.8, 4) is 0 Å². The zero-order valence-electron chi connectivity index (χ0n) is 54.4. The fraction of sp³-hybridized carbons (Fsp3) is 0.397. The number of nitrogens with zero attached hydrogens (tertiary/aromatic N) is 4. The molecule has 0 aromatic carbocycles. The fourth-order valence-corrected chi connectivity index (χ4v) is 13.6. The Bertz CT molecular complexity index is 4460. The molecule has 4 aliphatic rings. The predicted molar refractivity (Wildman–Crippen MR) is 360 cm³/mol. The molecule has 10 rings (SSSR count). The molecule has 8 N–H and O–H groups in total. The Hall–Kier alpha value is -9.00. The van der Waals surface area contributed by atoms with Crippen LogP contribution in [-0.2, 0) is 41.5 Å². The van der Waals surface area contributed by atoms with Crippen LogP contribution in [0, 0.1) is 27.7 Å². The van der Waals surface area contributed by atoms with Crippen LogP contribution in [0.15, 0.2) is 48.5 Å². The first-order valence-electron chi connectivity index (χ1n) is 31.8. The third-order valence-corrected chi connectivity index (χ3v) is 18.8. The monoisotopic (exact) mass is 1230 g/mol. The van der Waals surface area contributed by atoms with E-state index in [2.05, 4.69) is 93.5 Å². The number of aryl methyl sites for hydroxylation is 6. The van der Waals surface area contributed by atoms with Crippen LogP contribution in [0.5, 0.6) is 0 Å². The normalized spacial score (nSPS) is 14.1. The molecule has 0 saturated heterocycles. The summed E-state index contributed by atoms with van der Waals surface area (Å²) in [7, 11) is 0.